The van der Waals surface area contributed by atoms with Gasteiger partial charge in [0.2, 0.25) is 5.91 Å². The monoisotopic (exact) mass is 281 g/mol. The van der Waals surface area contributed by atoms with Crippen molar-refractivity contribution in [2.75, 3.05) is 11.4 Å². The summed E-state index contributed by atoms with van der Waals surface area (Å²) in [5.74, 6) is -0.415. The SMILES string of the molecule is Cc1ccc(Cl)cc1N1CC[C@](N)(C(N)=O)C[C@@H]1C. The summed E-state index contributed by atoms with van der Waals surface area (Å²) in [5, 5.41) is 0.715. The number of nitrogens with zero attached hydrogens (tertiary/aromatic N) is 1. The summed E-state index contributed by atoms with van der Waals surface area (Å²) in [6, 6.07) is 6.00. The molecule has 1 aliphatic rings. The van der Waals surface area contributed by atoms with Crippen LogP contribution in [-0.4, -0.2) is 24.0 Å². The van der Waals surface area contributed by atoms with Gasteiger partial charge in [-0.15, -0.1) is 0 Å². The predicted molar refractivity (Wildman–Crippen MR) is 78.3 cm³/mol. The Kier molecular flexibility index (Phi) is 3.74. The van der Waals surface area contributed by atoms with Crippen LogP contribution in [0.5, 0.6) is 0 Å². The Bertz CT molecular complexity index is 505. The number of anilines is 1. The summed E-state index contributed by atoms with van der Waals surface area (Å²) in [4.78, 5) is 13.7. The van der Waals surface area contributed by atoms with Gasteiger partial charge in [-0.05, 0) is 44.4 Å². The average molecular weight is 282 g/mol. The van der Waals surface area contributed by atoms with Crippen LogP contribution < -0.4 is 16.4 Å². The zero-order valence-electron chi connectivity index (χ0n) is 11.3. The van der Waals surface area contributed by atoms with Gasteiger partial charge in [0, 0.05) is 23.3 Å². The van der Waals surface area contributed by atoms with E-state index in [1.807, 2.05) is 18.2 Å². The molecule has 19 heavy (non-hydrogen) atoms. The molecule has 5 heteroatoms. The highest BCUT2D eigenvalue weighted by Crippen LogP contribution is 2.32. The first-order valence-electron chi connectivity index (χ1n) is 6.45. The second-order valence-corrected chi connectivity index (χ2v) is 5.88. The highest BCUT2D eigenvalue weighted by Gasteiger charge is 2.39. The zero-order valence-corrected chi connectivity index (χ0v) is 12.1. The zero-order chi connectivity index (χ0) is 14.2. The molecular weight excluding hydrogens is 262 g/mol. The quantitative estimate of drug-likeness (QED) is 0.868. The predicted octanol–water partition coefficient (Wildman–Crippen LogP) is 1.82. The average Bonchev–Trinajstić information content (AvgIpc) is 2.33. The van der Waals surface area contributed by atoms with E-state index in [0.29, 0.717) is 24.4 Å². The Labute approximate surface area is 118 Å². The van der Waals surface area contributed by atoms with Crippen molar-refractivity contribution in [2.24, 2.45) is 11.5 Å². The number of rotatable bonds is 2. The smallest absolute Gasteiger partial charge is 0.237 e. The van der Waals surface area contributed by atoms with Crippen molar-refractivity contribution in [2.45, 2.75) is 38.3 Å². The number of carbonyl (C=O) groups excluding carboxylic acids is 1. The van der Waals surface area contributed by atoms with Crippen molar-refractivity contribution in [1.29, 1.82) is 0 Å². The Balaban J connectivity index is 2.25. The molecule has 0 aromatic heterocycles. The Morgan fingerprint density at radius 1 is 1.53 bits per heavy atom. The molecule has 1 fully saturated rings. The van der Waals surface area contributed by atoms with Crippen LogP contribution in [-0.2, 0) is 4.79 Å². The fraction of sp³-hybridized carbons (Fsp3) is 0.500. The normalized spacial score (nSPS) is 27.4. The molecule has 1 aliphatic heterocycles. The van der Waals surface area contributed by atoms with E-state index in [4.69, 9.17) is 23.1 Å². The lowest BCUT2D eigenvalue weighted by Gasteiger charge is -2.43. The number of primary amides is 1. The van der Waals surface area contributed by atoms with Gasteiger partial charge in [-0.3, -0.25) is 4.79 Å². The van der Waals surface area contributed by atoms with Crippen LogP contribution in [0.2, 0.25) is 5.02 Å². The van der Waals surface area contributed by atoms with Crippen molar-refractivity contribution in [3.8, 4) is 0 Å². The maximum Gasteiger partial charge on any atom is 0.237 e. The molecule has 0 unspecified atom stereocenters. The van der Waals surface area contributed by atoms with Gasteiger partial charge in [0.15, 0.2) is 0 Å². The lowest BCUT2D eigenvalue weighted by Crippen LogP contribution is -2.61. The number of benzene rings is 1. The van der Waals surface area contributed by atoms with Crippen LogP contribution in [0.25, 0.3) is 0 Å². The second-order valence-electron chi connectivity index (χ2n) is 5.45. The lowest BCUT2D eigenvalue weighted by molar-refractivity contribution is -0.124. The van der Waals surface area contributed by atoms with Crippen LogP contribution in [0.3, 0.4) is 0 Å². The van der Waals surface area contributed by atoms with Crippen LogP contribution in [0.1, 0.15) is 25.3 Å². The summed E-state index contributed by atoms with van der Waals surface area (Å²) in [6.45, 7) is 4.82. The molecule has 0 radical (unpaired) electrons. The molecule has 0 saturated carbocycles. The number of amides is 1. The van der Waals surface area contributed by atoms with E-state index in [1.54, 1.807) is 0 Å². The minimum Gasteiger partial charge on any atom is -0.368 e. The Hall–Kier alpha value is -1.26. The first kappa shape index (κ1) is 14.2. The van der Waals surface area contributed by atoms with Crippen molar-refractivity contribution in [1.82, 2.24) is 0 Å². The van der Waals surface area contributed by atoms with Crippen LogP contribution in [0, 0.1) is 6.92 Å². The number of piperidine rings is 1. The van der Waals surface area contributed by atoms with E-state index in [2.05, 4.69) is 18.7 Å². The molecule has 4 N–H and O–H groups in total. The van der Waals surface area contributed by atoms with E-state index < -0.39 is 11.4 Å². The molecule has 1 amide bonds. The molecule has 2 atom stereocenters. The number of nitrogens with two attached hydrogens (primary N) is 2. The lowest BCUT2D eigenvalue weighted by atomic mass is 9.83. The summed E-state index contributed by atoms with van der Waals surface area (Å²) < 4.78 is 0. The van der Waals surface area contributed by atoms with E-state index in [9.17, 15) is 4.79 Å². The van der Waals surface area contributed by atoms with E-state index in [0.717, 1.165) is 5.69 Å². The van der Waals surface area contributed by atoms with Gasteiger partial charge in [0.05, 0.1) is 5.54 Å². The molecule has 4 nitrogen and oxygen atoms in total. The molecule has 2 rings (SSSR count). The van der Waals surface area contributed by atoms with Crippen LogP contribution in [0.4, 0.5) is 5.69 Å². The number of halogens is 1. The van der Waals surface area contributed by atoms with E-state index in [-0.39, 0.29) is 6.04 Å². The van der Waals surface area contributed by atoms with Gasteiger partial charge in [-0.1, -0.05) is 17.7 Å². The highest BCUT2D eigenvalue weighted by atomic mass is 35.5. The minimum atomic E-state index is -0.887. The molecular formula is C14H20ClN3O. The highest BCUT2D eigenvalue weighted by molar-refractivity contribution is 6.30. The third-order valence-electron chi connectivity index (χ3n) is 3.96. The van der Waals surface area contributed by atoms with Crippen molar-refractivity contribution < 1.29 is 4.79 Å². The molecule has 0 spiro atoms. The number of carbonyl (C=O) groups is 1. The van der Waals surface area contributed by atoms with Gasteiger partial charge in [0.1, 0.15) is 0 Å². The summed E-state index contributed by atoms with van der Waals surface area (Å²) in [6.07, 6.45) is 1.13. The first-order chi connectivity index (χ1) is 8.83. The summed E-state index contributed by atoms with van der Waals surface area (Å²) in [5.41, 5.74) is 12.9. The first-order valence-corrected chi connectivity index (χ1v) is 6.83. The van der Waals surface area contributed by atoms with Crippen molar-refractivity contribution in [3.05, 3.63) is 28.8 Å². The van der Waals surface area contributed by atoms with Gasteiger partial charge < -0.3 is 16.4 Å². The Morgan fingerprint density at radius 3 is 2.79 bits per heavy atom. The molecule has 1 saturated heterocycles. The fourth-order valence-corrected chi connectivity index (χ4v) is 2.92. The third-order valence-corrected chi connectivity index (χ3v) is 4.20. The van der Waals surface area contributed by atoms with Gasteiger partial charge in [-0.2, -0.15) is 0 Å². The Morgan fingerprint density at radius 2 is 2.21 bits per heavy atom. The molecule has 1 aromatic carbocycles. The maximum atomic E-state index is 11.4. The molecule has 0 aliphatic carbocycles. The molecule has 0 bridgehead atoms. The topological polar surface area (TPSA) is 72.3 Å². The van der Waals surface area contributed by atoms with Gasteiger partial charge in [-0.25, -0.2) is 0 Å². The molecule has 1 heterocycles. The van der Waals surface area contributed by atoms with Gasteiger partial charge in [0.25, 0.3) is 0 Å². The van der Waals surface area contributed by atoms with Gasteiger partial charge >= 0.3 is 0 Å². The maximum absolute atomic E-state index is 11.4. The third kappa shape index (κ3) is 2.69. The van der Waals surface area contributed by atoms with Crippen molar-refractivity contribution in [3.63, 3.8) is 0 Å². The number of hydrogen-bond donors (Lipinski definition) is 2. The van der Waals surface area contributed by atoms with Crippen molar-refractivity contribution >= 4 is 23.2 Å². The number of aryl methyl sites for hydroxylation is 1. The largest absolute Gasteiger partial charge is 0.368 e. The molecule has 1 aromatic rings. The van der Waals surface area contributed by atoms with Crippen LogP contribution >= 0.6 is 11.6 Å². The van der Waals surface area contributed by atoms with E-state index >= 15 is 0 Å². The second kappa shape index (κ2) is 5.02. The number of hydrogen-bond acceptors (Lipinski definition) is 3. The summed E-state index contributed by atoms with van der Waals surface area (Å²) in [7, 11) is 0. The summed E-state index contributed by atoms with van der Waals surface area (Å²) >= 11 is 6.06. The standard InChI is InChI=1S/C14H20ClN3O/c1-9-3-4-11(15)7-12(9)18-6-5-14(17,13(16)19)8-10(18)2/h3-4,7,10H,5-6,8,17H2,1-2H3,(H2,16,19)/t10-,14+/m0/s1. The van der Waals surface area contributed by atoms with E-state index in [1.165, 1.54) is 5.56 Å². The molecule has 104 valence electrons. The van der Waals surface area contributed by atoms with Crippen LogP contribution in [0.15, 0.2) is 18.2 Å². The fourth-order valence-electron chi connectivity index (χ4n) is 2.75. The minimum absolute atomic E-state index is 0.156.